The van der Waals surface area contributed by atoms with Gasteiger partial charge in [0.1, 0.15) is 38.7 Å². The van der Waals surface area contributed by atoms with Crippen LogP contribution >= 0.6 is 0 Å². The highest BCUT2D eigenvalue weighted by Gasteiger charge is 2.63. The lowest BCUT2D eigenvalue weighted by atomic mass is 9.81. The molecule has 13 nitrogen and oxygen atoms in total. The molecule has 4 aliphatic heterocycles. The number of nitrogens with zero attached hydrogens (tertiary/aromatic N) is 4. The Kier molecular flexibility index (Phi) is 11.0. The molecule has 2 aromatic rings. The summed E-state index contributed by atoms with van der Waals surface area (Å²) < 4.78 is 10.5. The maximum absolute atomic E-state index is 11.4. The fraction of sp³-hybridized carbons (Fsp3) is 0.533. The Morgan fingerprint density at radius 3 is 1.42 bits per heavy atom. The lowest BCUT2D eigenvalue weighted by molar-refractivity contribution is -1.10. The normalized spacial score (nSPS) is 31.3. The van der Waals surface area contributed by atoms with Gasteiger partial charge in [0.25, 0.3) is 0 Å². The topological polar surface area (TPSA) is 155 Å². The average Bonchev–Trinajstić information content (AvgIpc) is 3.52. The standard InChI is InChI=1S/2C15H21N3O3.2ClH.H2O/c2*1-15-7-8-18(4,20)13(15)17(3)12-6-5-10(9-11(12)15)21-14(19)16-2;;;/h2*5-6,9,13,20H,7-8H2,1-4H3;2*1H;1H2/t2*13-,15-,18+;;;/m00.../s1. The number of hydrogen-bond acceptors (Lipinski definition) is 8. The van der Waals surface area contributed by atoms with Crippen LogP contribution in [0, 0.1) is 0 Å². The predicted octanol–water partition coefficient (Wildman–Crippen LogP) is -3.46. The van der Waals surface area contributed by atoms with Gasteiger partial charge in [-0.3, -0.25) is 0 Å². The van der Waals surface area contributed by atoms with Crippen molar-refractivity contribution < 1.29 is 69.1 Å². The molecule has 4 heterocycles. The van der Waals surface area contributed by atoms with E-state index in [1.54, 1.807) is 12.1 Å². The SMILES string of the molecule is CNC(=O)Oc1ccc2c(c1)[C@]1(C)CC[N@@+](C)(O)[C@@H]1N2C.CNC(=O)Oc1ccc2c(c1)[C@]1(C)CC[N@@+](C)(O)[C@@H]1N2C.O.[Cl-].[Cl-]. The van der Waals surface area contributed by atoms with Gasteiger partial charge in [-0.25, -0.2) is 20.0 Å². The van der Waals surface area contributed by atoms with Crippen LogP contribution in [0.1, 0.15) is 37.8 Å². The van der Waals surface area contributed by atoms with Crippen LogP contribution in [0.25, 0.3) is 0 Å². The lowest BCUT2D eigenvalue weighted by Gasteiger charge is -2.34. The predicted molar refractivity (Wildman–Crippen MR) is 161 cm³/mol. The Morgan fingerprint density at radius 2 is 1.11 bits per heavy atom. The number of quaternary nitrogens is 2. The Morgan fingerprint density at radius 1 is 0.778 bits per heavy atom. The zero-order valence-corrected chi connectivity index (χ0v) is 28.5. The maximum Gasteiger partial charge on any atom is 0.412 e. The zero-order valence-electron chi connectivity index (χ0n) is 27.0. The van der Waals surface area contributed by atoms with Gasteiger partial charge >= 0.3 is 12.2 Å². The second-order valence-electron chi connectivity index (χ2n) is 12.8. The number of fused-ring (bicyclic) bond motifs is 6. The number of anilines is 2. The first-order valence-electron chi connectivity index (χ1n) is 14.3. The summed E-state index contributed by atoms with van der Waals surface area (Å²) in [5.41, 5.74) is 4.15. The molecule has 2 aromatic carbocycles. The van der Waals surface area contributed by atoms with E-state index < -0.39 is 12.2 Å². The third-order valence-corrected chi connectivity index (χ3v) is 9.85. The molecule has 15 heteroatoms. The number of carbonyl (C=O) groups excluding carboxylic acids is 2. The zero-order chi connectivity index (χ0) is 30.8. The highest BCUT2D eigenvalue weighted by Crippen LogP contribution is 2.55. The highest BCUT2D eigenvalue weighted by atomic mass is 35.5. The molecule has 45 heavy (non-hydrogen) atoms. The molecule has 0 unspecified atom stereocenters. The van der Waals surface area contributed by atoms with E-state index in [1.807, 2.05) is 52.5 Å². The summed E-state index contributed by atoms with van der Waals surface area (Å²) >= 11 is 0. The number of hydrogen-bond donors (Lipinski definition) is 4. The molecule has 6 atom stereocenters. The molecule has 0 spiro atoms. The third-order valence-electron chi connectivity index (χ3n) is 9.85. The third kappa shape index (κ3) is 6.10. The number of likely N-dealkylation sites (N-methyl/N-ethyl adjacent to an activating group) is 4. The number of nitrogens with one attached hydrogen (secondary N) is 2. The van der Waals surface area contributed by atoms with Crippen LogP contribution in [-0.2, 0) is 10.8 Å². The Bertz CT molecular complexity index is 1320. The Balaban J connectivity index is 0.000000294. The van der Waals surface area contributed by atoms with Crippen molar-refractivity contribution in [1.29, 1.82) is 0 Å². The van der Waals surface area contributed by atoms with Gasteiger partial charge in [-0.15, -0.1) is 0 Å². The molecule has 0 bridgehead atoms. The van der Waals surface area contributed by atoms with Gasteiger partial charge in [0.05, 0.1) is 10.8 Å². The molecule has 0 radical (unpaired) electrons. The molecule has 4 aliphatic rings. The summed E-state index contributed by atoms with van der Waals surface area (Å²) in [7, 11) is 10.8. The highest BCUT2D eigenvalue weighted by molar-refractivity contribution is 5.73. The van der Waals surface area contributed by atoms with E-state index in [0.717, 1.165) is 35.3 Å². The number of carbonyl (C=O) groups is 2. The van der Waals surface area contributed by atoms with Gasteiger partial charge in [0.2, 0.25) is 12.3 Å². The first kappa shape index (κ1) is 38.1. The summed E-state index contributed by atoms with van der Waals surface area (Å²) in [4.78, 5) is 27.0. The number of ether oxygens (including phenoxy) is 2. The largest absolute Gasteiger partial charge is 1.00 e. The van der Waals surface area contributed by atoms with Crippen LogP contribution < -0.4 is 54.7 Å². The molecule has 0 saturated carbocycles. The van der Waals surface area contributed by atoms with E-state index >= 15 is 0 Å². The first-order chi connectivity index (χ1) is 19.6. The Labute approximate surface area is 276 Å². The number of halogens is 2. The minimum atomic E-state index is -0.475. The molecule has 252 valence electrons. The fourth-order valence-electron chi connectivity index (χ4n) is 8.06. The fourth-order valence-corrected chi connectivity index (χ4v) is 8.06. The van der Waals surface area contributed by atoms with Gasteiger partial charge in [0.15, 0.2) is 0 Å². The van der Waals surface area contributed by atoms with Crippen LogP contribution in [0.15, 0.2) is 36.4 Å². The van der Waals surface area contributed by atoms with Crippen molar-refractivity contribution in [3.63, 3.8) is 0 Å². The first-order valence-corrected chi connectivity index (χ1v) is 14.3. The number of rotatable bonds is 2. The smallest absolute Gasteiger partial charge is 0.412 e. The summed E-state index contributed by atoms with van der Waals surface area (Å²) in [5, 5.41) is 26.1. The van der Waals surface area contributed by atoms with E-state index in [4.69, 9.17) is 9.47 Å². The number of likely N-dealkylation sites (tertiary alicyclic amines) is 2. The number of hydroxylamine groups is 6. The van der Waals surface area contributed by atoms with Crippen molar-refractivity contribution in [3.05, 3.63) is 47.5 Å². The molecule has 2 saturated heterocycles. The average molecular weight is 674 g/mol. The second kappa shape index (κ2) is 13.0. The Hall–Kier alpha value is -3.04. The van der Waals surface area contributed by atoms with Gasteiger partial charge in [0, 0.05) is 52.4 Å². The molecule has 6 rings (SSSR count). The molecule has 0 aliphatic carbocycles. The molecule has 6 N–H and O–H groups in total. The minimum absolute atomic E-state index is 0. The summed E-state index contributed by atoms with van der Waals surface area (Å²) in [6.45, 7) is 5.77. The van der Waals surface area contributed by atoms with Crippen molar-refractivity contribution in [2.45, 2.75) is 49.9 Å². The van der Waals surface area contributed by atoms with Crippen LogP contribution in [0.5, 0.6) is 11.5 Å². The van der Waals surface area contributed by atoms with E-state index in [0.29, 0.717) is 24.6 Å². The molecular weight excluding hydrogens is 627 g/mol. The van der Waals surface area contributed by atoms with Crippen LogP contribution in [0.3, 0.4) is 0 Å². The monoisotopic (exact) mass is 672 g/mol. The molecule has 2 amide bonds. The molecule has 0 aromatic heterocycles. The van der Waals surface area contributed by atoms with Crippen LogP contribution in [0.2, 0.25) is 0 Å². The van der Waals surface area contributed by atoms with Crippen molar-refractivity contribution in [2.75, 3.05) is 65.2 Å². The van der Waals surface area contributed by atoms with Crippen molar-refractivity contribution in [1.82, 2.24) is 10.6 Å². The number of amides is 2. The lowest BCUT2D eigenvalue weighted by Crippen LogP contribution is -3.00. The van der Waals surface area contributed by atoms with Crippen molar-refractivity contribution in [2.24, 2.45) is 0 Å². The quantitative estimate of drug-likeness (QED) is 0.240. The van der Waals surface area contributed by atoms with Crippen LogP contribution in [-0.4, -0.2) is 105 Å². The summed E-state index contributed by atoms with van der Waals surface area (Å²) in [6, 6.07) is 11.3. The van der Waals surface area contributed by atoms with E-state index in [-0.39, 0.29) is 62.7 Å². The van der Waals surface area contributed by atoms with Gasteiger partial charge in [-0.2, -0.15) is 9.29 Å². The van der Waals surface area contributed by atoms with E-state index in [1.165, 1.54) is 14.1 Å². The summed E-state index contributed by atoms with van der Waals surface area (Å²) in [6.07, 6.45) is 0.816. The minimum Gasteiger partial charge on any atom is -1.00 e. The van der Waals surface area contributed by atoms with Crippen molar-refractivity contribution >= 4 is 23.6 Å². The number of benzene rings is 2. The second-order valence-corrected chi connectivity index (χ2v) is 12.8. The van der Waals surface area contributed by atoms with Crippen molar-refractivity contribution in [3.8, 4) is 11.5 Å². The maximum atomic E-state index is 11.4. The molecular formula is C30H46Cl2N6O7. The van der Waals surface area contributed by atoms with Gasteiger partial charge < -0.3 is 60.2 Å². The van der Waals surface area contributed by atoms with Gasteiger partial charge in [-0.1, -0.05) is 0 Å². The molecule has 2 fully saturated rings. The van der Waals surface area contributed by atoms with Crippen LogP contribution in [0.4, 0.5) is 21.0 Å². The van der Waals surface area contributed by atoms with Gasteiger partial charge in [-0.05, 0) is 61.4 Å². The van der Waals surface area contributed by atoms with E-state index in [9.17, 15) is 20.0 Å². The van der Waals surface area contributed by atoms with E-state index in [2.05, 4.69) is 34.3 Å². The summed E-state index contributed by atoms with van der Waals surface area (Å²) in [5.74, 6) is 1.06.